The summed E-state index contributed by atoms with van der Waals surface area (Å²) in [5.74, 6) is 1.88. The van der Waals surface area contributed by atoms with Gasteiger partial charge in [-0.25, -0.2) is 4.98 Å². The van der Waals surface area contributed by atoms with Gasteiger partial charge in [0, 0.05) is 35.3 Å². The molecule has 1 saturated heterocycles. The van der Waals surface area contributed by atoms with Crippen LogP contribution in [0.3, 0.4) is 0 Å². The lowest BCUT2D eigenvalue weighted by atomic mass is 10.1. The van der Waals surface area contributed by atoms with Gasteiger partial charge in [0.1, 0.15) is 0 Å². The molecule has 16 heavy (non-hydrogen) atoms. The van der Waals surface area contributed by atoms with E-state index in [1.807, 2.05) is 6.20 Å². The summed E-state index contributed by atoms with van der Waals surface area (Å²) in [7, 11) is 0. The predicted molar refractivity (Wildman–Crippen MR) is 73.5 cm³/mol. The van der Waals surface area contributed by atoms with Crippen LogP contribution >= 0.6 is 23.1 Å². The van der Waals surface area contributed by atoms with Crippen LogP contribution in [0.2, 0.25) is 0 Å². The van der Waals surface area contributed by atoms with Crippen LogP contribution in [-0.4, -0.2) is 28.6 Å². The van der Waals surface area contributed by atoms with E-state index in [0.29, 0.717) is 12.0 Å². The van der Waals surface area contributed by atoms with E-state index in [9.17, 15) is 0 Å². The van der Waals surface area contributed by atoms with Crippen molar-refractivity contribution in [2.75, 3.05) is 12.3 Å². The Balaban J connectivity index is 1.78. The predicted octanol–water partition coefficient (Wildman–Crippen LogP) is 3.12. The van der Waals surface area contributed by atoms with Crippen LogP contribution in [0.1, 0.15) is 37.6 Å². The van der Waals surface area contributed by atoms with Crippen molar-refractivity contribution in [3.8, 4) is 0 Å². The third-order valence-corrected chi connectivity index (χ3v) is 5.55. The largest absolute Gasteiger partial charge is 0.312 e. The van der Waals surface area contributed by atoms with Crippen LogP contribution in [0.4, 0.5) is 0 Å². The van der Waals surface area contributed by atoms with E-state index < -0.39 is 0 Å². The monoisotopic (exact) mass is 256 g/mol. The average Bonchev–Trinajstić information content (AvgIpc) is 2.81. The normalized spacial score (nSPS) is 27.9. The quantitative estimate of drug-likeness (QED) is 0.896. The molecule has 0 aliphatic carbocycles. The third-order valence-electron chi connectivity index (χ3n) is 3.17. The van der Waals surface area contributed by atoms with Crippen molar-refractivity contribution >= 4 is 23.1 Å². The molecule has 1 aromatic heterocycles. The zero-order chi connectivity index (χ0) is 11.4. The number of thiazole rings is 1. The van der Waals surface area contributed by atoms with Crippen molar-refractivity contribution in [2.45, 2.75) is 43.9 Å². The lowest BCUT2D eigenvalue weighted by molar-refractivity contribution is 0.448. The molecular formula is C12H20N2S2. The first-order chi connectivity index (χ1) is 7.77. The van der Waals surface area contributed by atoms with Gasteiger partial charge in [-0.05, 0) is 18.6 Å². The fourth-order valence-electron chi connectivity index (χ4n) is 2.08. The zero-order valence-electron chi connectivity index (χ0n) is 9.98. The molecule has 1 aliphatic heterocycles. The summed E-state index contributed by atoms with van der Waals surface area (Å²) in [6, 6.07) is 0.696. The maximum absolute atomic E-state index is 4.37. The molecule has 1 fully saturated rings. The molecule has 1 N–H and O–H groups in total. The van der Waals surface area contributed by atoms with E-state index in [1.165, 1.54) is 23.6 Å². The Bertz CT molecular complexity index is 300. The average molecular weight is 256 g/mol. The minimum atomic E-state index is 0.541. The van der Waals surface area contributed by atoms with Gasteiger partial charge < -0.3 is 5.32 Å². The van der Waals surface area contributed by atoms with Gasteiger partial charge in [-0.2, -0.15) is 11.8 Å². The first-order valence-electron chi connectivity index (χ1n) is 6.01. The van der Waals surface area contributed by atoms with Crippen LogP contribution < -0.4 is 5.32 Å². The molecule has 1 aromatic rings. The molecule has 3 unspecified atom stereocenters. The lowest BCUT2D eigenvalue weighted by Crippen LogP contribution is -2.40. The van der Waals surface area contributed by atoms with E-state index in [4.69, 9.17) is 0 Å². The molecule has 3 atom stereocenters. The Morgan fingerprint density at radius 1 is 1.62 bits per heavy atom. The summed E-state index contributed by atoms with van der Waals surface area (Å²) in [6.45, 7) is 5.66. The van der Waals surface area contributed by atoms with Gasteiger partial charge >= 0.3 is 0 Å². The highest BCUT2D eigenvalue weighted by Crippen LogP contribution is 2.25. The van der Waals surface area contributed by atoms with Crippen molar-refractivity contribution in [1.29, 1.82) is 0 Å². The second-order valence-electron chi connectivity index (χ2n) is 4.50. The van der Waals surface area contributed by atoms with Gasteiger partial charge in [0.2, 0.25) is 0 Å². The highest BCUT2D eigenvalue weighted by molar-refractivity contribution is 7.99. The molecular weight excluding hydrogens is 236 g/mol. The maximum Gasteiger partial charge on any atom is 0.0965 e. The zero-order valence-corrected chi connectivity index (χ0v) is 11.6. The number of rotatable bonds is 4. The molecule has 4 heteroatoms. The van der Waals surface area contributed by atoms with E-state index in [0.717, 1.165) is 11.8 Å². The van der Waals surface area contributed by atoms with Crippen molar-refractivity contribution < 1.29 is 0 Å². The second kappa shape index (κ2) is 6.03. The molecule has 0 saturated carbocycles. The minimum absolute atomic E-state index is 0.541. The number of aromatic nitrogens is 1. The number of nitrogens with one attached hydrogen (secondary N) is 1. The van der Waals surface area contributed by atoms with Crippen LogP contribution in [-0.2, 0) is 0 Å². The third kappa shape index (κ3) is 3.22. The molecule has 0 radical (unpaired) electrons. The minimum Gasteiger partial charge on any atom is -0.312 e. The summed E-state index contributed by atoms with van der Waals surface area (Å²) in [4.78, 5) is 4.37. The summed E-state index contributed by atoms with van der Waals surface area (Å²) < 4.78 is 0. The summed E-state index contributed by atoms with van der Waals surface area (Å²) >= 11 is 3.86. The fraction of sp³-hybridized carbons (Fsp3) is 0.750. The van der Waals surface area contributed by atoms with E-state index >= 15 is 0 Å². The van der Waals surface area contributed by atoms with Crippen LogP contribution in [0.15, 0.2) is 11.6 Å². The smallest absolute Gasteiger partial charge is 0.0965 e. The molecule has 2 rings (SSSR count). The highest BCUT2D eigenvalue weighted by Gasteiger charge is 2.22. The van der Waals surface area contributed by atoms with Crippen molar-refractivity contribution in [3.63, 3.8) is 0 Å². The SMILES string of the molecule is CC(CNC1CCCSC1C)c1nccs1. The Labute approximate surface area is 106 Å². The van der Waals surface area contributed by atoms with E-state index in [-0.39, 0.29) is 0 Å². The maximum atomic E-state index is 4.37. The van der Waals surface area contributed by atoms with Gasteiger partial charge in [0.15, 0.2) is 0 Å². The van der Waals surface area contributed by atoms with Crippen molar-refractivity contribution in [1.82, 2.24) is 10.3 Å². The van der Waals surface area contributed by atoms with Gasteiger partial charge in [-0.1, -0.05) is 13.8 Å². The van der Waals surface area contributed by atoms with Crippen molar-refractivity contribution in [3.05, 3.63) is 16.6 Å². The van der Waals surface area contributed by atoms with Crippen LogP contribution in [0, 0.1) is 0 Å². The summed E-state index contributed by atoms with van der Waals surface area (Å²) in [5.41, 5.74) is 0. The molecule has 90 valence electrons. The molecule has 2 nitrogen and oxygen atoms in total. The lowest BCUT2D eigenvalue weighted by Gasteiger charge is -2.30. The fourth-order valence-corrected chi connectivity index (χ4v) is 3.95. The van der Waals surface area contributed by atoms with Crippen LogP contribution in [0.5, 0.6) is 0 Å². The topological polar surface area (TPSA) is 24.9 Å². The first-order valence-corrected chi connectivity index (χ1v) is 7.94. The number of nitrogens with zero attached hydrogens (tertiary/aromatic N) is 1. The number of thioether (sulfide) groups is 1. The van der Waals surface area contributed by atoms with E-state index in [1.54, 1.807) is 11.3 Å². The standard InChI is InChI=1S/C12H20N2S2/c1-9(12-13-5-7-16-12)8-14-11-4-3-6-15-10(11)2/h5,7,9-11,14H,3-4,6,8H2,1-2H3. The van der Waals surface area contributed by atoms with Crippen molar-refractivity contribution in [2.24, 2.45) is 0 Å². The van der Waals surface area contributed by atoms with Gasteiger partial charge in [-0.15, -0.1) is 11.3 Å². The summed E-state index contributed by atoms with van der Waals surface area (Å²) in [6.07, 6.45) is 4.59. The molecule has 0 amide bonds. The first kappa shape index (κ1) is 12.4. The number of hydrogen-bond acceptors (Lipinski definition) is 4. The molecule has 1 aliphatic rings. The highest BCUT2D eigenvalue weighted by atomic mass is 32.2. The summed E-state index contributed by atoms with van der Waals surface area (Å²) in [5, 5.41) is 7.78. The van der Waals surface area contributed by atoms with Gasteiger partial charge in [-0.3, -0.25) is 0 Å². The van der Waals surface area contributed by atoms with Crippen LogP contribution in [0.25, 0.3) is 0 Å². The molecule has 0 aromatic carbocycles. The van der Waals surface area contributed by atoms with Gasteiger partial charge in [0.25, 0.3) is 0 Å². The second-order valence-corrected chi connectivity index (χ2v) is 6.92. The van der Waals surface area contributed by atoms with E-state index in [2.05, 4.69) is 41.3 Å². The molecule has 0 bridgehead atoms. The Morgan fingerprint density at radius 2 is 2.50 bits per heavy atom. The Hall–Kier alpha value is -0.0600. The number of hydrogen-bond donors (Lipinski definition) is 1. The molecule has 2 heterocycles. The molecule has 0 spiro atoms. The Morgan fingerprint density at radius 3 is 3.19 bits per heavy atom. The Kier molecular flexibility index (Phi) is 4.67. The van der Waals surface area contributed by atoms with Gasteiger partial charge in [0.05, 0.1) is 5.01 Å².